The lowest BCUT2D eigenvalue weighted by atomic mass is 10.1. The predicted octanol–water partition coefficient (Wildman–Crippen LogP) is 1.92. The maximum atomic E-state index is 12.7. The Labute approximate surface area is 128 Å². The van der Waals surface area contributed by atoms with Crippen molar-refractivity contribution in [3.05, 3.63) is 29.8 Å². The summed E-state index contributed by atoms with van der Waals surface area (Å²) in [6.07, 6.45) is -4.32. The molecule has 0 bridgehead atoms. The Morgan fingerprint density at radius 1 is 1.18 bits per heavy atom. The molecule has 1 aliphatic heterocycles. The van der Waals surface area contributed by atoms with Crippen LogP contribution in [0, 0.1) is 0 Å². The first-order valence-corrected chi connectivity index (χ1v) is 7.12. The third-order valence-electron chi connectivity index (χ3n) is 3.77. The van der Waals surface area contributed by atoms with E-state index in [1.54, 1.807) is 25.1 Å². The molecule has 0 aliphatic carbocycles. The van der Waals surface area contributed by atoms with E-state index in [-0.39, 0.29) is 5.91 Å². The molecule has 1 aromatic carbocycles. The van der Waals surface area contributed by atoms with Gasteiger partial charge < -0.3 is 9.80 Å². The van der Waals surface area contributed by atoms with Crippen molar-refractivity contribution >= 4 is 11.6 Å². The van der Waals surface area contributed by atoms with Gasteiger partial charge in [0.2, 0.25) is 5.91 Å². The largest absolute Gasteiger partial charge is 0.416 e. The molecule has 22 heavy (non-hydrogen) atoms. The number of carbonyl (C=O) groups is 1. The molecule has 0 unspecified atom stereocenters. The summed E-state index contributed by atoms with van der Waals surface area (Å²) in [7, 11) is 3.42. The van der Waals surface area contributed by atoms with Gasteiger partial charge in [-0.15, -0.1) is 0 Å². The van der Waals surface area contributed by atoms with Gasteiger partial charge in [0, 0.05) is 46.0 Å². The van der Waals surface area contributed by atoms with Crippen LogP contribution in [0.5, 0.6) is 0 Å². The molecule has 122 valence electrons. The lowest BCUT2D eigenvalue weighted by molar-refractivity contribution is -0.137. The van der Waals surface area contributed by atoms with E-state index in [9.17, 15) is 18.0 Å². The van der Waals surface area contributed by atoms with Gasteiger partial charge >= 0.3 is 6.18 Å². The highest BCUT2D eigenvalue weighted by molar-refractivity contribution is 5.77. The SMILES string of the molecule is CN(C)C(=O)CN1CCN(c2cccc(C(F)(F)F)c2)CC1. The number of piperazine rings is 1. The number of hydrogen-bond donors (Lipinski definition) is 0. The smallest absolute Gasteiger partial charge is 0.369 e. The first-order valence-electron chi connectivity index (χ1n) is 7.12. The van der Waals surface area contributed by atoms with E-state index in [1.807, 2.05) is 9.80 Å². The molecular formula is C15H20F3N3O. The quantitative estimate of drug-likeness (QED) is 0.852. The lowest BCUT2D eigenvalue weighted by Crippen LogP contribution is -2.49. The molecule has 1 amide bonds. The summed E-state index contributed by atoms with van der Waals surface area (Å²) in [4.78, 5) is 17.1. The molecule has 1 fully saturated rings. The number of carbonyl (C=O) groups excluding carboxylic acids is 1. The van der Waals surface area contributed by atoms with E-state index < -0.39 is 11.7 Å². The molecule has 0 radical (unpaired) electrons. The maximum absolute atomic E-state index is 12.7. The summed E-state index contributed by atoms with van der Waals surface area (Å²) in [6.45, 7) is 2.90. The van der Waals surface area contributed by atoms with E-state index in [0.717, 1.165) is 6.07 Å². The number of alkyl halides is 3. The molecular weight excluding hydrogens is 295 g/mol. The first kappa shape index (κ1) is 16.6. The van der Waals surface area contributed by atoms with Crippen molar-refractivity contribution in [2.24, 2.45) is 0 Å². The van der Waals surface area contributed by atoms with Crippen molar-refractivity contribution in [1.82, 2.24) is 9.80 Å². The Bertz CT molecular complexity index is 523. The van der Waals surface area contributed by atoms with Gasteiger partial charge in [0.05, 0.1) is 12.1 Å². The summed E-state index contributed by atoms with van der Waals surface area (Å²) in [6, 6.07) is 5.38. The summed E-state index contributed by atoms with van der Waals surface area (Å²) in [5, 5.41) is 0. The van der Waals surface area contributed by atoms with Crippen molar-refractivity contribution in [2.75, 3.05) is 51.7 Å². The molecule has 0 atom stereocenters. The zero-order chi connectivity index (χ0) is 16.3. The van der Waals surface area contributed by atoms with Crippen LogP contribution in [-0.4, -0.2) is 62.5 Å². The average Bonchev–Trinajstić information content (AvgIpc) is 2.47. The Morgan fingerprint density at radius 2 is 1.82 bits per heavy atom. The van der Waals surface area contributed by atoms with Crippen LogP contribution in [0.1, 0.15) is 5.56 Å². The van der Waals surface area contributed by atoms with Crippen LogP contribution in [0.15, 0.2) is 24.3 Å². The zero-order valence-corrected chi connectivity index (χ0v) is 12.7. The van der Waals surface area contributed by atoms with Crippen molar-refractivity contribution in [1.29, 1.82) is 0 Å². The highest BCUT2D eigenvalue weighted by Gasteiger charge is 2.31. The second kappa shape index (κ2) is 6.56. The molecule has 2 rings (SSSR count). The van der Waals surface area contributed by atoms with Gasteiger partial charge in [-0.3, -0.25) is 9.69 Å². The second-order valence-corrected chi connectivity index (χ2v) is 5.60. The average molecular weight is 315 g/mol. The summed E-state index contributed by atoms with van der Waals surface area (Å²) in [5.41, 5.74) is -0.0522. The molecule has 1 saturated heterocycles. The van der Waals surface area contributed by atoms with Crippen LogP contribution >= 0.6 is 0 Å². The number of likely N-dealkylation sites (N-methyl/N-ethyl adjacent to an activating group) is 1. The number of anilines is 1. The number of rotatable bonds is 3. The van der Waals surface area contributed by atoms with Gasteiger partial charge in [0.25, 0.3) is 0 Å². The Morgan fingerprint density at radius 3 is 2.36 bits per heavy atom. The number of hydrogen-bond acceptors (Lipinski definition) is 3. The van der Waals surface area contributed by atoms with Gasteiger partial charge in [-0.25, -0.2) is 0 Å². The minimum absolute atomic E-state index is 0.0347. The number of amides is 1. The van der Waals surface area contributed by atoms with Crippen molar-refractivity contribution in [2.45, 2.75) is 6.18 Å². The van der Waals surface area contributed by atoms with E-state index in [4.69, 9.17) is 0 Å². The molecule has 4 nitrogen and oxygen atoms in total. The fourth-order valence-electron chi connectivity index (χ4n) is 2.38. The number of nitrogens with zero attached hydrogens (tertiary/aromatic N) is 3. The Kier molecular flexibility index (Phi) is 4.95. The summed E-state index contributed by atoms with van der Waals surface area (Å²) < 4.78 is 38.2. The maximum Gasteiger partial charge on any atom is 0.416 e. The van der Waals surface area contributed by atoms with Gasteiger partial charge in [-0.05, 0) is 18.2 Å². The highest BCUT2D eigenvalue weighted by atomic mass is 19.4. The minimum Gasteiger partial charge on any atom is -0.369 e. The standard InChI is InChI=1S/C15H20F3N3O/c1-19(2)14(22)11-20-6-8-21(9-7-20)13-5-3-4-12(10-13)15(16,17)18/h3-5,10H,6-9,11H2,1-2H3. The topological polar surface area (TPSA) is 26.8 Å². The fraction of sp³-hybridized carbons (Fsp3) is 0.533. The van der Waals surface area contributed by atoms with Gasteiger partial charge in [-0.1, -0.05) is 6.07 Å². The van der Waals surface area contributed by atoms with Crippen molar-refractivity contribution in [3.63, 3.8) is 0 Å². The van der Waals surface area contributed by atoms with Crippen LogP contribution in [-0.2, 0) is 11.0 Å². The fourth-order valence-corrected chi connectivity index (χ4v) is 2.38. The minimum atomic E-state index is -4.32. The van der Waals surface area contributed by atoms with Crippen LogP contribution in [0.25, 0.3) is 0 Å². The van der Waals surface area contributed by atoms with Crippen LogP contribution in [0.3, 0.4) is 0 Å². The second-order valence-electron chi connectivity index (χ2n) is 5.60. The molecule has 1 heterocycles. The third kappa shape index (κ3) is 4.13. The molecule has 7 heteroatoms. The molecule has 1 aliphatic rings. The first-order chi connectivity index (χ1) is 10.3. The van der Waals surface area contributed by atoms with Gasteiger partial charge in [0.15, 0.2) is 0 Å². The molecule has 0 N–H and O–H groups in total. The summed E-state index contributed by atoms with van der Waals surface area (Å²) in [5.74, 6) is 0.0347. The Balaban J connectivity index is 1.96. The number of benzene rings is 1. The summed E-state index contributed by atoms with van der Waals surface area (Å²) >= 11 is 0. The van der Waals surface area contributed by atoms with Gasteiger partial charge in [0.1, 0.15) is 0 Å². The van der Waals surface area contributed by atoms with Crippen LogP contribution in [0.2, 0.25) is 0 Å². The number of halogens is 3. The third-order valence-corrected chi connectivity index (χ3v) is 3.77. The lowest BCUT2D eigenvalue weighted by Gasteiger charge is -2.36. The van der Waals surface area contributed by atoms with E-state index in [1.165, 1.54) is 12.1 Å². The monoisotopic (exact) mass is 315 g/mol. The predicted molar refractivity (Wildman–Crippen MR) is 78.8 cm³/mol. The van der Waals surface area contributed by atoms with Crippen molar-refractivity contribution < 1.29 is 18.0 Å². The highest BCUT2D eigenvalue weighted by Crippen LogP contribution is 2.31. The molecule has 0 aromatic heterocycles. The molecule has 0 saturated carbocycles. The van der Waals surface area contributed by atoms with E-state index >= 15 is 0 Å². The normalized spacial score (nSPS) is 16.7. The van der Waals surface area contributed by atoms with E-state index in [2.05, 4.69) is 0 Å². The van der Waals surface area contributed by atoms with Gasteiger partial charge in [-0.2, -0.15) is 13.2 Å². The van der Waals surface area contributed by atoms with Crippen LogP contribution < -0.4 is 4.90 Å². The zero-order valence-electron chi connectivity index (χ0n) is 12.7. The van der Waals surface area contributed by atoms with E-state index in [0.29, 0.717) is 38.4 Å². The molecule has 0 spiro atoms. The van der Waals surface area contributed by atoms with Crippen molar-refractivity contribution in [3.8, 4) is 0 Å². The molecule has 1 aromatic rings. The van der Waals surface area contributed by atoms with Crippen LogP contribution in [0.4, 0.5) is 18.9 Å². The Hall–Kier alpha value is -1.76.